The van der Waals surface area contributed by atoms with Crippen LogP contribution >= 0.6 is 0 Å². The van der Waals surface area contributed by atoms with Crippen LogP contribution in [0, 0.1) is 6.92 Å². The van der Waals surface area contributed by atoms with E-state index in [1.165, 1.54) is 6.92 Å². The Balaban J connectivity index is 3.01. The monoisotopic (exact) mass is 181 g/mol. The summed E-state index contributed by atoms with van der Waals surface area (Å²) in [6, 6.07) is 0. The van der Waals surface area contributed by atoms with Gasteiger partial charge in [-0.05, 0) is 6.92 Å². The molecule has 0 aliphatic heterocycles. The van der Waals surface area contributed by atoms with Gasteiger partial charge in [0.05, 0.1) is 5.56 Å². The zero-order valence-corrected chi connectivity index (χ0v) is 6.77. The van der Waals surface area contributed by atoms with Crippen molar-refractivity contribution in [2.24, 2.45) is 0 Å². The van der Waals surface area contributed by atoms with E-state index in [0.717, 1.165) is 4.52 Å². The molecule has 2 rings (SSSR count). The van der Waals surface area contributed by atoms with Crippen LogP contribution in [0.1, 0.15) is 5.56 Å². The number of fused-ring (bicyclic) bond motifs is 1. The third kappa shape index (κ3) is 0.934. The Bertz CT molecular complexity index is 526. The fourth-order valence-corrected chi connectivity index (χ4v) is 1.01. The Morgan fingerprint density at radius 3 is 3.00 bits per heavy atom. The number of aromatic nitrogens is 4. The Morgan fingerprint density at radius 2 is 2.31 bits per heavy atom. The van der Waals surface area contributed by atoms with Gasteiger partial charge in [0, 0.05) is 0 Å². The summed E-state index contributed by atoms with van der Waals surface area (Å²) in [5, 5.41) is 13.1. The van der Waals surface area contributed by atoms with Gasteiger partial charge in [-0.3, -0.25) is 9.78 Å². The van der Waals surface area contributed by atoms with Gasteiger partial charge in [-0.1, -0.05) is 0 Å². The van der Waals surface area contributed by atoms with Crippen molar-refractivity contribution in [2.45, 2.75) is 6.92 Å². The van der Waals surface area contributed by atoms with Gasteiger partial charge >= 0.3 is 0 Å². The Labute approximate surface area is 71.8 Å². The number of hydrogen-bond acceptors (Lipinski definition) is 5. The summed E-state index contributed by atoms with van der Waals surface area (Å²) in [5.74, 6) is -0.120. The summed E-state index contributed by atoms with van der Waals surface area (Å²) in [7, 11) is 0. The molecule has 2 aromatic rings. The highest BCUT2D eigenvalue weighted by molar-refractivity contribution is 5.39. The fourth-order valence-electron chi connectivity index (χ4n) is 1.01. The predicted octanol–water partition coefficient (Wildman–Crippen LogP) is -0.986. The number of H-pyrrole nitrogens is 1. The average molecular weight is 181 g/mol. The number of aromatic hydroxyl groups is 1. The number of aromatic amines is 1. The number of nitrogens with zero attached hydrogens (tertiary/aromatic N) is 3. The molecule has 68 valence electrons. The quantitative estimate of drug-likeness (QED) is 0.483. The molecule has 4 N–H and O–H groups in total. The molecule has 13 heavy (non-hydrogen) atoms. The van der Waals surface area contributed by atoms with Crippen LogP contribution in [0.5, 0.6) is 5.88 Å². The van der Waals surface area contributed by atoms with Crippen LogP contribution in [-0.2, 0) is 0 Å². The van der Waals surface area contributed by atoms with Crippen LogP contribution in [0.4, 0.5) is 5.95 Å². The SMILES string of the molecule is Cc1c(O)n2nc(N)nc2[nH]c1=O. The average Bonchev–Trinajstić information content (AvgIpc) is 2.42. The van der Waals surface area contributed by atoms with E-state index in [9.17, 15) is 9.90 Å². The lowest BCUT2D eigenvalue weighted by atomic mass is 10.4. The van der Waals surface area contributed by atoms with Gasteiger partial charge in [-0.15, -0.1) is 5.10 Å². The van der Waals surface area contributed by atoms with Crippen LogP contribution in [0.3, 0.4) is 0 Å². The summed E-state index contributed by atoms with van der Waals surface area (Å²) >= 11 is 0. The zero-order valence-electron chi connectivity index (χ0n) is 6.77. The van der Waals surface area contributed by atoms with Gasteiger partial charge in [0.25, 0.3) is 5.56 Å². The molecule has 0 fully saturated rings. The molecular formula is C6H7N5O2. The van der Waals surface area contributed by atoms with Crippen molar-refractivity contribution in [3.63, 3.8) is 0 Å². The van der Waals surface area contributed by atoms with E-state index in [2.05, 4.69) is 15.1 Å². The highest BCUT2D eigenvalue weighted by atomic mass is 16.3. The second kappa shape index (κ2) is 2.22. The Hall–Kier alpha value is -2.05. The van der Waals surface area contributed by atoms with Crippen molar-refractivity contribution in [1.82, 2.24) is 19.6 Å². The van der Waals surface area contributed by atoms with Crippen molar-refractivity contribution in [1.29, 1.82) is 0 Å². The first-order valence-electron chi connectivity index (χ1n) is 3.53. The molecule has 0 atom stereocenters. The van der Waals surface area contributed by atoms with Crippen LogP contribution in [0.15, 0.2) is 4.79 Å². The molecule has 0 aliphatic carbocycles. The molecule has 7 heteroatoms. The largest absolute Gasteiger partial charge is 0.493 e. The highest BCUT2D eigenvalue weighted by Crippen LogP contribution is 2.11. The minimum atomic E-state index is -0.405. The van der Waals surface area contributed by atoms with Gasteiger partial charge in [-0.2, -0.15) is 9.50 Å². The molecule has 0 spiro atoms. The van der Waals surface area contributed by atoms with Gasteiger partial charge in [-0.25, -0.2) is 0 Å². The summed E-state index contributed by atoms with van der Waals surface area (Å²) in [6.45, 7) is 1.48. The minimum Gasteiger partial charge on any atom is -0.493 e. The lowest BCUT2D eigenvalue weighted by Crippen LogP contribution is -2.12. The predicted molar refractivity (Wildman–Crippen MR) is 44.4 cm³/mol. The van der Waals surface area contributed by atoms with E-state index >= 15 is 0 Å². The van der Waals surface area contributed by atoms with E-state index in [1.54, 1.807) is 0 Å². The maximum Gasteiger partial charge on any atom is 0.259 e. The third-order valence-corrected chi connectivity index (χ3v) is 1.73. The minimum absolute atomic E-state index is 0.00319. The first kappa shape index (κ1) is 7.59. The fraction of sp³-hybridized carbons (Fsp3) is 0.167. The lowest BCUT2D eigenvalue weighted by Gasteiger charge is -1.97. The molecule has 0 amide bonds. The van der Waals surface area contributed by atoms with Crippen molar-refractivity contribution in [2.75, 3.05) is 5.73 Å². The molecule has 0 bridgehead atoms. The molecular weight excluding hydrogens is 174 g/mol. The summed E-state index contributed by atoms with van der Waals surface area (Å²) in [5.41, 5.74) is 5.06. The van der Waals surface area contributed by atoms with Gasteiger partial charge < -0.3 is 10.8 Å². The standard InChI is InChI=1S/C6H7N5O2/c1-2-3(12)8-6-9-5(7)10-11(6)4(2)13/h13H,1H3,(H3,7,8,9,10,12). The third-order valence-electron chi connectivity index (χ3n) is 1.73. The van der Waals surface area contributed by atoms with E-state index in [-0.39, 0.29) is 23.2 Å². The number of nitrogens with one attached hydrogen (secondary N) is 1. The highest BCUT2D eigenvalue weighted by Gasteiger charge is 2.10. The second-order valence-electron chi connectivity index (χ2n) is 2.61. The molecule has 2 heterocycles. The number of nitrogens with two attached hydrogens (primary N) is 1. The summed E-state index contributed by atoms with van der Waals surface area (Å²) < 4.78 is 1.08. The molecule has 2 aromatic heterocycles. The smallest absolute Gasteiger partial charge is 0.259 e. The lowest BCUT2D eigenvalue weighted by molar-refractivity contribution is 0.429. The van der Waals surface area contributed by atoms with E-state index in [4.69, 9.17) is 5.73 Å². The number of anilines is 1. The molecule has 0 aliphatic rings. The number of nitrogen functional groups attached to an aromatic ring is 1. The van der Waals surface area contributed by atoms with Gasteiger partial charge in [0.2, 0.25) is 17.6 Å². The van der Waals surface area contributed by atoms with E-state index in [1.807, 2.05) is 0 Å². The van der Waals surface area contributed by atoms with E-state index < -0.39 is 5.56 Å². The van der Waals surface area contributed by atoms with Gasteiger partial charge in [0.1, 0.15) is 0 Å². The van der Waals surface area contributed by atoms with Crippen molar-refractivity contribution < 1.29 is 5.11 Å². The summed E-state index contributed by atoms with van der Waals surface area (Å²) in [6.07, 6.45) is 0. The molecule has 0 unspecified atom stereocenters. The van der Waals surface area contributed by atoms with Crippen LogP contribution < -0.4 is 11.3 Å². The van der Waals surface area contributed by atoms with Crippen molar-refractivity contribution in [3.8, 4) is 5.88 Å². The first-order valence-corrected chi connectivity index (χ1v) is 3.53. The second-order valence-corrected chi connectivity index (χ2v) is 2.61. The number of hydrogen-bond donors (Lipinski definition) is 3. The Morgan fingerprint density at radius 1 is 1.62 bits per heavy atom. The van der Waals surface area contributed by atoms with Crippen molar-refractivity contribution in [3.05, 3.63) is 15.9 Å². The summed E-state index contributed by atoms with van der Waals surface area (Å²) in [4.78, 5) is 17.2. The topological polar surface area (TPSA) is 109 Å². The van der Waals surface area contributed by atoms with Gasteiger partial charge in [0.15, 0.2) is 0 Å². The molecule has 7 nitrogen and oxygen atoms in total. The Kier molecular flexibility index (Phi) is 1.30. The van der Waals surface area contributed by atoms with Crippen molar-refractivity contribution >= 4 is 11.7 Å². The van der Waals surface area contributed by atoms with Crippen LogP contribution in [0.25, 0.3) is 5.78 Å². The maximum atomic E-state index is 11.1. The maximum absolute atomic E-state index is 11.1. The van der Waals surface area contributed by atoms with E-state index in [0.29, 0.717) is 0 Å². The first-order chi connectivity index (χ1) is 6.09. The zero-order chi connectivity index (χ0) is 9.59. The molecule has 0 saturated heterocycles. The van der Waals surface area contributed by atoms with Crippen LogP contribution in [0.2, 0.25) is 0 Å². The number of rotatable bonds is 0. The molecule has 0 saturated carbocycles. The van der Waals surface area contributed by atoms with Crippen LogP contribution in [-0.4, -0.2) is 24.7 Å². The molecule has 0 aromatic carbocycles. The normalized spacial score (nSPS) is 10.8. The molecule has 0 radical (unpaired) electrons.